The molecule has 1 rings (SSSR count). The van der Waals surface area contributed by atoms with E-state index in [2.05, 4.69) is 18.0 Å². The molecule has 1 aromatic carbocycles. The van der Waals surface area contributed by atoms with Gasteiger partial charge in [-0.2, -0.15) is 8.42 Å². The first-order chi connectivity index (χ1) is 7.55. The predicted octanol–water partition coefficient (Wildman–Crippen LogP) is 2.93. The first-order valence-corrected chi connectivity index (χ1v) is 6.86. The van der Waals surface area contributed by atoms with Crippen molar-refractivity contribution in [2.75, 3.05) is 7.11 Å². The zero-order valence-corrected chi connectivity index (χ0v) is 10.8. The van der Waals surface area contributed by atoms with Crippen molar-refractivity contribution in [2.45, 2.75) is 37.5 Å². The fourth-order valence-corrected chi connectivity index (χ4v) is 2.42. The van der Waals surface area contributed by atoms with Crippen molar-refractivity contribution in [1.29, 1.82) is 0 Å². The predicted molar refractivity (Wildman–Crippen MR) is 64.0 cm³/mol. The molecule has 0 spiro atoms. The summed E-state index contributed by atoms with van der Waals surface area (Å²) in [7, 11) is -2.38. The topological polar surface area (TPSA) is 43.4 Å². The maximum atomic E-state index is 11.4. The molecule has 0 bridgehead atoms. The van der Waals surface area contributed by atoms with Crippen LogP contribution in [0, 0.1) is 0 Å². The lowest BCUT2D eigenvalue weighted by Crippen LogP contribution is -2.03. The average Bonchev–Trinajstić information content (AvgIpc) is 2.31. The molecule has 0 atom stereocenters. The fourth-order valence-electron chi connectivity index (χ4n) is 1.76. The van der Waals surface area contributed by atoms with E-state index in [1.165, 1.54) is 12.7 Å². The summed E-state index contributed by atoms with van der Waals surface area (Å²) in [5.74, 6) is 0.499. The molecular weight excluding hydrogens is 224 g/mol. The van der Waals surface area contributed by atoms with Gasteiger partial charge in [-0.05, 0) is 36.5 Å². The summed E-state index contributed by atoms with van der Waals surface area (Å²) in [4.78, 5) is 0.213. The summed E-state index contributed by atoms with van der Waals surface area (Å²) in [5.41, 5.74) is 1.18. The van der Waals surface area contributed by atoms with Crippen molar-refractivity contribution in [2.24, 2.45) is 0 Å². The highest BCUT2D eigenvalue weighted by Gasteiger charge is 2.13. The maximum Gasteiger partial charge on any atom is 0.296 e. The van der Waals surface area contributed by atoms with Gasteiger partial charge in [0, 0.05) is 0 Å². The molecule has 0 saturated carbocycles. The van der Waals surface area contributed by atoms with Crippen LogP contribution in [0.1, 0.15) is 38.2 Å². The summed E-state index contributed by atoms with van der Waals surface area (Å²) in [6.07, 6.45) is 2.12. The Morgan fingerprint density at radius 3 is 2.00 bits per heavy atom. The van der Waals surface area contributed by atoms with Crippen molar-refractivity contribution in [1.82, 2.24) is 0 Å². The second-order valence-electron chi connectivity index (χ2n) is 3.70. The summed E-state index contributed by atoms with van der Waals surface area (Å²) in [5, 5.41) is 0. The quantitative estimate of drug-likeness (QED) is 0.746. The van der Waals surface area contributed by atoms with E-state index in [0.717, 1.165) is 12.8 Å². The van der Waals surface area contributed by atoms with E-state index in [1.54, 1.807) is 12.1 Å². The molecule has 0 fully saturated rings. The molecule has 0 amide bonds. The van der Waals surface area contributed by atoms with Gasteiger partial charge >= 0.3 is 0 Å². The summed E-state index contributed by atoms with van der Waals surface area (Å²) >= 11 is 0. The third kappa shape index (κ3) is 2.83. The molecule has 3 nitrogen and oxygen atoms in total. The maximum absolute atomic E-state index is 11.4. The Morgan fingerprint density at radius 1 is 1.12 bits per heavy atom. The minimum atomic E-state index is -3.55. The van der Waals surface area contributed by atoms with Crippen molar-refractivity contribution >= 4 is 10.1 Å². The second kappa shape index (κ2) is 5.46. The Labute approximate surface area is 97.6 Å². The Balaban J connectivity index is 3.00. The van der Waals surface area contributed by atoms with Crippen LogP contribution in [0.3, 0.4) is 0 Å². The van der Waals surface area contributed by atoms with Crippen molar-refractivity contribution in [3.63, 3.8) is 0 Å². The van der Waals surface area contributed by atoms with Gasteiger partial charge in [0.05, 0.1) is 12.0 Å². The smallest absolute Gasteiger partial charge is 0.270 e. The highest BCUT2D eigenvalue weighted by atomic mass is 32.2. The number of rotatable bonds is 5. The number of hydrogen-bond acceptors (Lipinski definition) is 3. The van der Waals surface area contributed by atoms with Crippen molar-refractivity contribution < 1.29 is 12.6 Å². The lowest BCUT2D eigenvalue weighted by Gasteiger charge is -2.12. The number of benzene rings is 1. The normalized spacial score (nSPS) is 12.0. The van der Waals surface area contributed by atoms with E-state index in [4.69, 9.17) is 0 Å². The molecule has 1 aromatic rings. The molecule has 0 aromatic heterocycles. The van der Waals surface area contributed by atoms with Gasteiger partial charge in [-0.25, -0.2) is 0 Å². The first-order valence-electron chi connectivity index (χ1n) is 5.45. The Bertz CT molecular complexity index is 416. The standard InChI is InChI=1S/C12H18O3S/c1-4-10(5-2)11-6-8-12(9-7-11)16(13,14)15-3/h6-10H,4-5H2,1-3H3. The zero-order valence-electron chi connectivity index (χ0n) is 9.93. The first kappa shape index (κ1) is 13.2. The minimum Gasteiger partial charge on any atom is -0.270 e. The molecular formula is C12H18O3S. The van der Waals surface area contributed by atoms with Crippen LogP contribution in [0.4, 0.5) is 0 Å². The summed E-state index contributed by atoms with van der Waals surface area (Å²) in [6.45, 7) is 4.27. The van der Waals surface area contributed by atoms with Crippen LogP contribution in [-0.4, -0.2) is 15.5 Å². The minimum absolute atomic E-state index is 0.213. The Morgan fingerprint density at radius 2 is 1.62 bits per heavy atom. The van der Waals surface area contributed by atoms with Crippen LogP contribution in [0.5, 0.6) is 0 Å². The Hall–Kier alpha value is -0.870. The van der Waals surface area contributed by atoms with E-state index in [1.807, 2.05) is 12.1 Å². The Kier molecular flexibility index (Phi) is 4.50. The van der Waals surface area contributed by atoms with E-state index in [9.17, 15) is 8.42 Å². The van der Waals surface area contributed by atoms with Crippen LogP contribution in [0.25, 0.3) is 0 Å². The zero-order chi connectivity index (χ0) is 12.2. The molecule has 0 saturated heterocycles. The van der Waals surface area contributed by atoms with Gasteiger partial charge in [0.1, 0.15) is 0 Å². The molecule has 0 aliphatic rings. The van der Waals surface area contributed by atoms with Gasteiger partial charge in [0.15, 0.2) is 0 Å². The number of hydrogen-bond donors (Lipinski definition) is 0. The van der Waals surface area contributed by atoms with E-state index in [0.29, 0.717) is 5.92 Å². The van der Waals surface area contributed by atoms with Gasteiger partial charge in [0.25, 0.3) is 10.1 Å². The molecule has 90 valence electrons. The van der Waals surface area contributed by atoms with Crippen molar-refractivity contribution in [3.8, 4) is 0 Å². The third-order valence-electron chi connectivity index (χ3n) is 2.85. The molecule has 4 heteroatoms. The third-order valence-corrected chi connectivity index (χ3v) is 4.13. The highest BCUT2D eigenvalue weighted by Crippen LogP contribution is 2.24. The summed E-state index contributed by atoms with van der Waals surface area (Å²) in [6, 6.07) is 6.94. The van der Waals surface area contributed by atoms with Gasteiger partial charge in [-0.1, -0.05) is 26.0 Å². The molecule has 0 unspecified atom stereocenters. The van der Waals surface area contributed by atoms with E-state index >= 15 is 0 Å². The average molecular weight is 242 g/mol. The van der Waals surface area contributed by atoms with Crippen LogP contribution >= 0.6 is 0 Å². The van der Waals surface area contributed by atoms with Crippen LogP contribution in [0.2, 0.25) is 0 Å². The van der Waals surface area contributed by atoms with Crippen LogP contribution in [-0.2, 0) is 14.3 Å². The molecule has 16 heavy (non-hydrogen) atoms. The van der Waals surface area contributed by atoms with E-state index in [-0.39, 0.29) is 4.90 Å². The highest BCUT2D eigenvalue weighted by molar-refractivity contribution is 7.86. The monoisotopic (exact) mass is 242 g/mol. The van der Waals surface area contributed by atoms with Gasteiger partial charge in [0.2, 0.25) is 0 Å². The van der Waals surface area contributed by atoms with Crippen molar-refractivity contribution in [3.05, 3.63) is 29.8 Å². The lowest BCUT2D eigenvalue weighted by molar-refractivity contribution is 0.397. The molecule has 0 N–H and O–H groups in total. The fraction of sp³-hybridized carbons (Fsp3) is 0.500. The lowest BCUT2D eigenvalue weighted by atomic mass is 9.94. The van der Waals surface area contributed by atoms with E-state index < -0.39 is 10.1 Å². The van der Waals surface area contributed by atoms with Gasteiger partial charge in [-0.15, -0.1) is 0 Å². The molecule has 0 radical (unpaired) electrons. The molecule has 0 aliphatic heterocycles. The van der Waals surface area contributed by atoms with Crippen LogP contribution in [0.15, 0.2) is 29.2 Å². The van der Waals surface area contributed by atoms with Crippen LogP contribution < -0.4 is 0 Å². The molecule has 0 heterocycles. The summed E-state index contributed by atoms with van der Waals surface area (Å²) < 4.78 is 27.2. The van der Waals surface area contributed by atoms with Gasteiger partial charge in [-0.3, -0.25) is 4.18 Å². The second-order valence-corrected chi connectivity index (χ2v) is 5.42. The van der Waals surface area contributed by atoms with Gasteiger partial charge < -0.3 is 0 Å². The molecule has 0 aliphatic carbocycles. The largest absolute Gasteiger partial charge is 0.296 e. The SMILES string of the molecule is CCC(CC)c1ccc(S(=O)(=O)OC)cc1.